The first-order valence-corrected chi connectivity index (χ1v) is 11.3. The molecule has 1 aromatic heterocycles. The van der Waals surface area contributed by atoms with E-state index < -0.39 is 0 Å². The van der Waals surface area contributed by atoms with Gasteiger partial charge in [-0.2, -0.15) is 0 Å². The minimum atomic E-state index is -0.204. The number of rotatable bonds is 12. The molecule has 0 saturated carbocycles. The fourth-order valence-electron chi connectivity index (χ4n) is 3.81. The van der Waals surface area contributed by atoms with E-state index in [-0.39, 0.29) is 11.2 Å². The van der Waals surface area contributed by atoms with E-state index in [1.54, 1.807) is 45.6 Å². The van der Waals surface area contributed by atoms with Gasteiger partial charge in [0.25, 0.3) is 0 Å². The van der Waals surface area contributed by atoms with Crippen LogP contribution >= 0.6 is 0 Å². The van der Waals surface area contributed by atoms with Gasteiger partial charge in [-0.05, 0) is 56.7 Å². The molecule has 7 heteroatoms. The van der Waals surface area contributed by atoms with Gasteiger partial charge in [0.05, 0.1) is 33.3 Å². The number of fused-ring (bicyclic) bond motifs is 1. The molecular weight excluding hydrogens is 422 g/mol. The van der Waals surface area contributed by atoms with Crippen LogP contribution in [0.3, 0.4) is 0 Å². The van der Waals surface area contributed by atoms with Gasteiger partial charge >= 0.3 is 0 Å². The fraction of sp³-hybridized carbons (Fsp3) is 0.423. The maximum Gasteiger partial charge on any atom is 0.235 e. The predicted molar refractivity (Wildman–Crippen MR) is 130 cm³/mol. The smallest absolute Gasteiger partial charge is 0.235 e. The highest BCUT2D eigenvalue weighted by Crippen LogP contribution is 2.43. The molecule has 0 radical (unpaired) electrons. The summed E-state index contributed by atoms with van der Waals surface area (Å²) in [4.78, 5) is 15.7. The Morgan fingerprint density at radius 2 is 1.55 bits per heavy atom. The third-order valence-electron chi connectivity index (χ3n) is 5.69. The van der Waals surface area contributed by atoms with E-state index in [0.29, 0.717) is 46.1 Å². The van der Waals surface area contributed by atoms with Gasteiger partial charge in [-0.25, -0.2) is 0 Å². The Kier molecular flexibility index (Phi) is 8.60. The molecular formula is C26H33NO6. The number of ether oxygens (including phenoxy) is 4. The minimum absolute atomic E-state index is 0.186. The van der Waals surface area contributed by atoms with Crippen LogP contribution in [0.5, 0.6) is 23.0 Å². The van der Waals surface area contributed by atoms with Crippen LogP contribution in [0.15, 0.2) is 45.6 Å². The van der Waals surface area contributed by atoms with E-state index in [1.807, 2.05) is 12.1 Å². The van der Waals surface area contributed by atoms with Gasteiger partial charge in [0.1, 0.15) is 5.58 Å². The number of methoxy groups -OCH3 is 3. The summed E-state index contributed by atoms with van der Waals surface area (Å²) in [5.74, 6) is 1.92. The summed E-state index contributed by atoms with van der Waals surface area (Å²) >= 11 is 0. The molecule has 0 bridgehead atoms. The maximum atomic E-state index is 13.3. The Morgan fingerprint density at radius 3 is 2.15 bits per heavy atom. The highest BCUT2D eigenvalue weighted by molar-refractivity contribution is 5.82. The molecule has 0 N–H and O–H groups in total. The number of hydrogen-bond donors (Lipinski definition) is 0. The van der Waals surface area contributed by atoms with E-state index in [9.17, 15) is 4.79 Å². The average molecular weight is 456 g/mol. The van der Waals surface area contributed by atoms with Crippen LogP contribution in [-0.4, -0.2) is 52.5 Å². The molecule has 0 unspecified atom stereocenters. The Morgan fingerprint density at radius 1 is 0.879 bits per heavy atom. The van der Waals surface area contributed by atoms with Crippen LogP contribution in [0.2, 0.25) is 0 Å². The largest absolute Gasteiger partial charge is 0.493 e. The molecule has 0 aliphatic carbocycles. The van der Waals surface area contributed by atoms with Crippen LogP contribution in [-0.2, 0) is 0 Å². The molecule has 2 aromatic carbocycles. The molecule has 0 amide bonds. The van der Waals surface area contributed by atoms with Crippen molar-refractivity contribution in [2.24, 2.45) is 0 Å². The number of para-hydroxylation sites is 1. The van der Waals surface area contributed by atoms with Crippen molar-refractivity contribution < 1.29 is 23.4 Å². The quantitative estimate of drug-likeness (QED) is 0.357. The Bertz CT molecular complexity index is 1090. The topological polar surface area (TPSA) is 70.4 Å². The van der Waals surface area contributed by atoms with Crippen molar-refractivity contribution in [1.82, 2.24) is 4.90 Å². The first-order chi connectivity index (χ1) is 16.1. The Labute approximate surface area is 194 Å². The molecule has 3 rings (SSSR count). The number of benzene rings is 2. The highest BCUT2D eigenvalue weighted by Gasteiger charge is 2.22. The lowest BCUT2D eigenvalue weighted by Crippen LogP contribution is -2.24. The van der Waals surface area contributed by atoms with Crippen molar-refractivity contribution >= 4 is 11.0 Å². The molecule has 33 heavy (non-hydrogen) atoms. The van der Waals surface area contributed by atoms with Gasteiger partial charge in [-0.3, -0.25) is 4.79 Å². The van der Waals surface area contributed by atoms with E-state index in [1.165, 1.54) is 0 Å². The summed E-state index contributed by atoms with van der Waals surface area (Å²) in [5, 5.41) is 0.479. The maximum absolute atomic E-state index is 13.3. The van der Waals surface area contributed by atoms with Crippen LogP contribution in [0.1, 0.15) is 26.7 Å². The van der Waals surface area contributed by atoms with Gasteiger partial charge in [-0.15, -0.1) is 0 Å². The minimum Gasteiger partial charge on any atom is -0.493 e. The van der Waals surface area contributed by atoms with Crippen molar-refractivity contribution in [2.45, 2.75) is 26.7 Å². The zero-order valence-corrected chi connectivity index (χ0v) is 20.1. The van der Waals surface area contributed by atoms with Crippen molar-refractivity contribution in [3.8, 4) is 34.3 Å². The molecule has 1 heterocycles. The van der Waals surface area contributed by atoms with Gasteiger partial charge in [0.15, 0.2) is 17.3 Å². The summed E-state index contributed by atoms with van der Waals surface area (Å²) in [7, 11) is 4.64. The van der Waals surface area contributed by atoms with Crippen molar-refractivity contribution in [3.05, 3.63) is 46.6 Å². The first kappa shape index (κ1) is 24.5. The lowest BCUT2D eigenvalue weighted by Gasteiger charge is -2.18. The second-order valence-corrected chi connectivity index (χ2v) is 7.58. The average Bonchev–Trinajstić information content (AvgIpc) is 2.86. The summed E-state index contributed by atoms with van der Waals surface area (Å²) in [6, 6.07) is 10.7. The number of hydrogen-bond acceptors (Lipinski definition) is 7. The Balaban J connectivity index is 2.00. The van der Waals surface area contributed by atoms with Crippen LogP contribution in [0.25, 0.3) is 22.3 Å². The van der Waals surface area contributed by atoms with Crippen molar-refractivity contribution in [2.75, 3.05) is 47.6 Å². The zero-order chi connectivity index (χ0) is 23.8. The molecule has 3 aromatic rings. The molecule has 0 spiro atoms. The van der Waals surface area contributed by atoms with Crippen LogP contribution in [0, 0.1) is 0 Å². The zero-order valence-electron chi connectivity index (χ0n) is 20.1. The third kappa shape index (κ3) is 5.42. The standard InChI is InChI=1S/C26H33NO6/c1-6-27(7-2)14-10-11-15-32-26-23(28)19-12-8-9-13-20(19)33-24(26)18-16-21(29-3)25(31-5)22(17-18)30-4/h8-9,12-13,16-17H,6-7,10-11,14-15H2,1-5H3. The van der Waals surface area contributed by atoms with E-state index in [0.717, 1.165) is 32.5 Å². The lowest BCUT2D eigenvalue weighted by molar-refractivity contribution is 0.263. The molecule has 0 fully saturated rings. The molecule has 0 atom stereocenters. The van der Waals surface area contributed by atoms with Crippen molar-refractivity contribution in [3.63, 3.8) is 0 Å². The number of unbranched alkanes of at least 4 members (excludes halogenated alkanes) is 1. The normalized spacial score (nSPS) is 11.1. The van der Waals surface area contributed by atoms with Gasteiger partial charge < -0.3 is 28.3 Å². The molecule has 0 saturated heterocycles. The molecule has 0 aliphatic heterocycles. The summed E-state index contributed by atoms with van der Waals surface area (Å²) in [5.41, 5.74) is 0.884. The van der Waals surface area contributed by atoms with E-state index >= 15 is 0 Å². The second kappa shape index (κ2) is 11.6. The highest BCUT2D eigenvalue weighted by atomic mass is 16.5. The molecule has 178 valence electrons. The van der Waals surface area contributed by atoms with Crippen molar-refractivity contribution in [1.29, 1.82) is 0 Å². The Hall–Kier alpha value is -3.19. The van der Waals surface area contributed by atoms with Gasteiger partial charge in [-0.1, -0.05) is 26.0 Å². The SMILES string of the molecule is CCN(CC)CCCCOc1c(-c2cc(OC)c(OC)c(OC)c2)oc2ccccc2c1=O. The summed E-state index contributed by atoms with van der Waals surface area (Å²) in [6.45, 7) is 7.78. The first-order valence-electron chi connectivity index (χ1n) is 11.3. The summed E-state index contributed by atoms with van der Waals surface area (Å²) < 4.78 is 28.6. The third-order valence-corrected chi connectivity index (χ3v) is 5.69. The van der Waals surface area contributed by atoms with Gasteiger partial charge in [0.2, 0.25) is 16.9 Å². The summed E-state index contributed by atoms with van der Waals surface area (Å²) in [6.07, 6.45) is 1.82. The number of nitrogens with zero attached hydrogens (tertiary/aromatic N) is 1. The molecule has 0 aliphatic rings. The van der Waals surface area contributed by atoms with Crippen LogP contribution in [0.4, 0.5) is 0 Å². The monoisotopic (exact) mass is 455 g/mol. The van der Waals surface area contributed by atoms with E-state index in [4.69, 9.17) is 23.4 Å². The van der Waals surface area contributed by atoms with Gasteiger partial charge in [0, 0.05) is 5.56 Å². The molecule has 7 nitrogen and oxygen atoms in total. The fourth-order valence-corrected chi connectivity index (χ4v) is 3.81. The van der Waals surface area contributed by atoms with Crippen LogP contribution < -0.4 is 24.4 Å². The lowest BCUT2D eigenvalue weighted by atomic mass is 10.1. The predicted octanol–water partition coefficient (Wildman–Crippen LogP) is 4.99. The van der Waals surface area contributed by atoms with E-state index in [2.05, 4.69) is 18.7 Å². The second-order valence-electron chi connectivity index (χ2n) is 7.58.